The largest absolute Gasteiger partial charge is 0.693 e. The van der Waals surface area contributed by atoms with E-state index in [0.29, 0.717) is 11.5 Å². The van der Waals surface area contributed by atoms with Crippen LogP contribution >= 0.6 is 18.8 Å². The summed E-state index contributed by atoms with van der Waals surface area (Å²) in [5.41, 5.74) is 8.37. The standard InChI is InChI=1S/2C24H34O4.2ClH.2H2N.Pt/c2*1-5-6-7-8-18-14-21(25)24(22(15-18)28-12-11-23(26)27)20-13-17(4)9-10-19(20)16(2)3;;;;;/h2*13-15,19-20,25H,2,5-12H2,1,3-4H3,(H,26,27);2*1H;2*1H2;/q;;;;2*-1;+4/p-2. The maximum absolute atomic E-state index is 10.9. The van der Waals surface area contributed by atoms with Gasteiger partial charge in [0, 0.05) is 23.0 Å². The molecule has 8 N–H and O–H groups in total. The van der Waals surface area contributed by atoms with Crippen LogP contribution in [0.4, 0.5) is 0 Å². The number of hydrogen-bond acceptors (Lipinski definition) is 6. The number of nitrogens with two attached hydrogens (primary N) is 2. The predicted molar refractivity (Wildman–Crippen MR) is 249 cm³/mol. The maximum Gasteiger partial charge on any atom is -0.693 e. The SMILES string of the molecule is C=C(C)C1CCC(C)=CC1c1c(O)cc(CCCCC)cc1OCCC(=O)O.C=C(C)C1CCC(C)=CC1c1c(O)cc(CCCCC)cc1OCCC(=O)O.[Cl][Pt+2][Cl].[NH2-].[NH2-]. The van der Waals surface area contributed by atoms with Gasteiger partial charge < -0.3 is 42.2 Å². The molecule has 0 aromatic heterocycles. The van der Waals surface area contributed by atoms with Gasteiger partial charge in [-0.3, -0.25) is 9.59 Å². The molecule has 61 heavy (non-hydrogen) atoms. The first kappa shape index (κ1) is 57.7. The molecule has 4 atom stereocenters. The Balaban J connectivity index is 0.00000108. The summed E-state index contributed by atoms with van der Waals surface area (Å²) >= 11 is -0.472. The van der Waals surface area contributed by atoms with E-state index in [4.69, 9.17) is 38.5 Å². The number of allylic oxidation sites excluding steroid dienone is 6. The summed E-state index contributed by atoms with van der Waals surface area (Å²) in [5.74, 6) is 0.375. The van der Waals surface area contributed by atoms with Crippen LogP contribution in [-0.2, 0) is 38.9 Å². The molecule has 346 valence electrons. The number of phenols is 2. The minimum atomic E-state index is -0.891. The molecule has 4 rings (SSSR count). The molecule has 10 nitrogen and oxygen atoms in total. The average molecular weight is 1070 g/mol. The summed E-state index contributed by atoms with van der Waals surface area (Å²) < 4.78 is 11.8. The van der Waals surface area contributed by atoms with Gasteiger partial charge in [-0.05, 0) is 126 Å². The first-order valence-electron chi connectivity index (χ1n) is 21.0. The number of ether oxygens (including phenoxy) is 2. The van der Waals surface area contributed by atoms with Crippen LogP contribution < -0.4 is 9.47 Å². The Morgan fingerprint density at radius 2 is 1.03 bits per heavy atom. The number of aryl methyl sites for hydroxylation is 2. The molecule has 2 aliphatic carbocycles. The summed E-state index contributed by atoms with van der Waals surface area (Å²) in [7, 11) is 9.75. The number of carboxylic acids is 2. The molecule has 0 fully saturated rings. The van der Waals surface area contributed by atoms with Gasteiger partial charge in [0.05, 0.1) is 26.1 Å². The molecule has 4 unspecified atom stereocenters. The number of halogens is 2. The molecule has 2 aliphatic rings. The van der Waals surface area contributed by atoms with Crippen molar-refractivity contribution in [2.24, 2.45) is 11.8 Å². The van der Waals surface area contributed by atoms with E-state index in [-0.39, 0.29) is 73.5 Å². The van der Waals surface area contributed by atoms with E-state index in [2.05, 4.69) is 53.0 Å². The van der Waals surface area contributed by atoms with Crippen LogP contribution in [0.3, 0.4) is 0 Å². The Kier molecular flexibility index (Phi) is 29.1. The molecule has 0 aliphatic heterocycles. The third-order valence-electron chi connectivity index (χ3n) is 11.1. The first-order valence-corrected chi connectivity index (χ1v) is 26.6. The normalized spacial score (nSPS) is 18.0. The molecule has 2 aromatic rings. The molecule has 0 amide bonds. The Bertz CT molecular complexity index is 1640. The van der Waals surface area contributed by atoms with Gasteiger partial charge in [-0.1, -0.05) is 87.1 Å². The van der Waals surface area contributed by atoms with Crippen LogP contribution in [-0.4, -0.2) is 45.6 Å². The van der Waals surface area contributed by atoms with E-state index in [1.165, 1.54) is 11.1 Å². The Morgan fingerprint density at radius 3 is 1.33 bits per heavy atom. The molecule has 0 saturated heterocycles. The van der Waals surface area contributed by atoms with Crippen LogP contribution in [0, 0.1) is 11.8 Å². The molecule has 0 saturated carbocycles. The fourth-order valence-corrected chi connectivity index (χ4v) is 8.00. The van der Waals surface area contributed by atoms with Crippen molar-refractivity contribution in [2.45, 2.75) is 143 Å². The van der Waals surface area contributed by atoms with Gasteiger partial charge in [-0.15, -0.1) is 0 Å². The summed E-state index contributed by atoms with van der Waals surface area (Å²) in [6.45, 7) is 21.1. The Morgan fingerprint density at radius 1 is 0.689 bits per heavy atom. The van der Waals surface area contributed by atoms with Crippen LogP contribution in [0.25, 0.3) is 12.3 Å². The zero-order valence-electron chi connectivity index (χ0n) is 37.2. The molecular formula is C48H72Cl2N2O8Pt. The van der Waals surface area contributed by atoms with Gasteiger partial charge in [-0.25, -0.2) is 0 Å². The van der Waals surface area contributed by atoms with Crippen LogP contribution in [0.5, 0.6) is 23.0 Å². The summed E-state index contributed by atoms with van der Waals surface area (Å²) in [6, 6.07) is 7.67. The van der Waals surface area contributed by atoms with Gasteiger partial charge in [0.1, 0.15) is 23.0 Å². The minimum absolute atomic E-state index is 0. The van der Waals surface area contributed by atoms with Crippen molar-refractivity contribution in [1.29, 1.82) is 0 Å². The second kappa shape index (κ2) is 30.7. The van der Waals surface area contributed by atoms with Gasteiger partial charge in [-0.2, -0.15) is 0 Å². The second-order valence-electron chi connectivity index (χ2n) is 16.1. The number of benzene rings is 2. The summed E-state index contributed by atoms with van der Waals surface area (Å²) in [5, 5.41) is 39.8. The van der Waals surface area contributed by atoms with Crippen molar-refractivity contribution in [3.63, 3.8) is 0 Å². The number of unbranched alkanes of at least 4 members (excludes halogenated alkanes) is 4. The van der Waals surface area contributed by atoms with E-state index in [1.807, 2.05) is 38.1 Å². The molecule has 0 radical (unpaired) electrons. The Labute approximate surface area is 382 Å². The van der Waals surface area contributed by atoms with Gasteiger partial charge >= 0.3 is 47.3 Å². The van der Waals surface area contributed by atoms with E-state index < -0.39 is 28.4 Å². The van der Waals surface area contributed by atoms with Crippen molar-refractivity contribution >= 4 is 30.8 Å². The van der Waals surface area contributed by atoms with E-state index in [0.717, 1.165) is 110 Å². The number of rotatable bonds is 20. The summed E-state index contributed by atoms with van der Waals surface area (Å²) in [4.78, 5) is 21.8. The van der Waals surface area contributed by atoms with Crippen molar-refractivity contribution in [3.05, 3.63) is 106 Å². The smallest absolute Gasteiger partial charge is 0.693 e. The van der Waals surface area contributed by atoms with E-state index in [9.17, 15) is 19.8 Å². The topological polar surface area (TPSA) is 201 Å². The van der Waals surface area contributed by atoms with E-state index in [1.54, 1.807) is 0 Å². The van der Waals surface area contributed by atoms with Crippen molar-refractivity contribution in [3.8, 4) is 23.0 Å². The fourth-order valence-electron chi connectivity index (χ4n) is 8.00. The summed E-state index contributed by atoms with van der Waals surface area (Å²) in [6.07, 6.45) is 16.7. The van der Waals surface area contributed by atoms with E-state index >= 15 is 0 Å². The number of phenolic OH excluding ortho intramolecular Hbond substituents is 2. The maximum atomic E-state index is 10.9. The molecule has 0 heterocycles. The second-order valence-corrected chi connectivity index (χ2v) is 19.3. The monoisotopic (exact) mass is 1070 g/mol. The number of aromatic hydroxyl groups is 2. The zero-order chi connectivity index (χ0) is 44.1. The number of carbonyl (C=O) groups is 2. The van der Waals surface area contributed by atoms with Gasteiger partial charge in [0.25, 0.3) is 0 Å². The van der Waals surface area contributed by atoms with Gasteiger partial charge in [0.15, 0.2) is 0 Å². The predicted octanol–water partition coefficient (Wildman–Crippen LogP) is 14.8. The minimum Gasteiger partial charge on any atom is -0.693 e. The molecule has 13 heteroatoms. The van der Waals surface area contributed by atoms with Crippen molar-refractivity contribution in [1.82, 2.24) is 0 Å². The third kappa shape index (κ3) is 19.8. The van der Waals surface area contributed by atoms with Gasteiger partial charge in [0.2, 0.25) is 0 Å². The third-order valence-corrected chi connectivity index (χ3v) is 11.1. The average Bonchev–Trinajstić information content (AvgIpc) is 3.15. The van der Waals surface area contributed by atoms with Crippen LogP contribution in [0.15, 0.2) is 71.9 Å². The number of hydrogen-bond donors (Lipinski definition) is 4. The Hall–Kier alpha value is -3.27. The quantitative estimate of drug-likeness (QED) is 0.0741. The molecule has 2 aromatic carbocycles. The fraction of sp³-hybridized carbons (Fsp3) is 0.542. The number of carboxylic acid groups (broad SMARTS) is 2. The number of aliphatic carboxylic acids is 2. The molecular weight excluding hydrogens is 999 g/mol. The zero-order valence-corrected chi connectivity index (χ0v) is 40.9. The van der Waals surface area contributed by atoms with Crippen LogP contribution in [0.1, 0.15) is 153 Å². The molecule has 0 bridgehead atoms. The molecule has 0 spiro atoms. The van der Waals surface area contributed by atoms with Crippen molar-refractivity contribution in [2.75, 3.05) is 13.2 Å². The van der Waals surface area contributed by atoms with Crippen molar-refractivity contribution < 1.29 is 56.0 Å². The van der Waals surface area contributed by atoms with Crippen LogP contribution in [0.2, 0.25) is 0 Å². The first-order chi connectivity index (χ1) is 28.1.